The second-order valence-electron chi connectivity index (χ2n) is 7.93. The lowest BCUT2D eigenvalue weighted by atomic mass is 9.98. The van der Waals surface area contributed by atoms with E-state index in [9.17, 15) is 23.9 Å². The molecule has 0 unspecified atom stereocenters. The monoisotopic (exact) mass is 478 g/mol. The molecule has 0 radical (unpaired) electrons. The molecule has 0 fully saturated rings. The predicted molar refractivity (Wildman–Crippen MR) is 126 cm³/mol. The molecule has 4 rings (SSSR count). The van der Waals surface area contributed by atoms with Gasteiger partial charge in [0.15, 0.2) is 0 Å². The molecular weight excluding hydrogens is 455 g/mol. The largest absolute Gasteiger partial charge is 0.478 e. The molecule has 0 heterocycles. The summed E-state index contributed by atoms with van der Waals surface area (Å²) < 4.78 is 24.4. The number of ether oxygens (including phenoxy) is 2. The van der Waals surface area contributed by atoms with Gasteiger partial charge in [-0.1, -0.05) is 54.6 Å². The summed E-state index contributed by atoms with van der Waals surface area (Å²) in [7, 11) is 1.34. The van der Waals surface area contributed by atoms with Crippen LogP contribution >= 0.6 is 0 Å². The van der Waals surface area contributed by atoms with Gasteiger partial charge in [-0.3, -0.25) is 4.79 Å². The molecule has 3 aromatic carbocycles. The molecule has 0 saturated heterocycles. The van der Waals surface area contributed by atoms with E-state index in [-0.39, 0.29) is 24.8 Å². The number of rotatable bonds is 8. The van der Waals surface area contributed by atoms with Gasteiger partial charge in [-0.05, 0) is 34.4 Å². The fraction of sp³-hybridized carbons (Fsp3) is 0.192. The molecule has 3 aromatic rings. The molecule has 0 aromatic heterocycles. The van der Waals surface area contributed by atoms with Crippen LogP contribution in [0.5, 0.6) is 0 Å². The number of methoxy groups -OCH3 is 1. The van der Waals surface area contributed by atoms with E-state index in [2.05, 4.69) is 10.6 Å². The number of fused-ring (bicyclic) bond motifs is 3. The van der Waals surface area contributed by atoms with Crippen LogP contribution in [-0.2, 0) is 14.3 Å². The fourth-order valence-electron chi connectivity index (χ4n) is 4.20. The van der Waals surface area contributed by atoms with E-state index in [1.807, 2.05) is 48.5 Å². The first-order valence-electron chi connectivity index (χ1n) is 10.8. The maximum atomic E-state index is 13.9. The molecule has 35 heavy (non-hydrogen) atoms. The van der Waals surface area contributed by atoms with Gasteiger partial charge in [0.2, 0.25) is 5.91 Å². The summed E-state index contributed by atoms with van der Waals surface area (Å²) in [6.07, 6.45) is -0.846. The quantitative estimate of drug-likeness (QED) is 0.451. The first-order chi connectivity index (χ1) is 16.9. The summed E-state index contributed by atoms with van der Waals surface area (Å²) in [5.74, 6) is -3.48. The Morgan fingerprint density at radius 2 is 1.60 bits per heavy atom. The Hall–Kier alpha value is -4.24. The van der Waals surface area contributed by atoms with Gasteiger partial charge in [0.1, 0.15) is 24.0 Å². The van der Waals surface area contributed by atoms with Crippen molar-refractivity contribution in [1.29, 1.82) is 0 Å². The van der Waals surface area contributed by atoms with Gasteiger partial charge < -0.3 is 25.2 Å². The lowest BCUT2D eigenvalue weighted by Gasteiger charge is -2.19. The highest BCUT2D eigenvalue weighted by atomic mass is 19.1. The van der Waals surface area contributed by atoms with Gasteiger partial charge in [-0.2, -0.15) is 0 Å². The summed E-state index contributed by atoms with van der Waals surface area (Å²) in [5, 5.41) is 14.0. The Morgan fingerprint density at radius 1 is 0.971 bits per heavy atom. The first kappa shape index (κ1) is 23.9. The Labute approximate surface area is 200 Å². The number of carbonyl (C=O) groups excluding carboxylic acids is 2. The predicted octanol–water partition coefficient (Wildman–Crippen LogP) is 4.02. The maximum absolute atomic E-state index is 13.9. The van der Waals surface area contributed by atoms with E-state index in [4.69, 9.17) is 9.47 Å². The average Bonchev–Trinajstić information content (AvgIpc) is 3.16. The van der Waals surface area contributed by atoms with Crippen molar-refractivity contribution < 1.29 is 33.4 Å². The number of aromatic carboxylic acids is 1. The number of halogens is 1. The topological polar surface area (TPSA) is 114 Å². The number of carboxylic acids is 1. The zero-order valence-corrected chi connectivity index (χ0v) is 18.8. The van der Waals surface area contributed by atoms with Gasteiger partial charge in [-0.15, -0.1) is 0 Å². The molecule has 0 saturated carbocycles. The van der Waals surface area contributed by atoms with Crippen LogP contribution in [0.25, 0.3) is 11.1 Å². The third-order valence-electron chi connectivity index (χ3n) is 5.77. The van der Waals surface area contributed by atoms with Crippen LogP contribution in [0, 0.1) is 5.82 Å². The standard InChI is InChI=1S/C26H23FN2O6/c1-34-14-22(24(30)28-21-12-6-11-20(27)23(21)25(31)32)29-26(33)35-13-19-17-9-4-2-7-15(17)16-8-3-5-10-18(16)19/h2-12,19,22H,13-14H2,1H3,(H,28,30)(H,29,33)(H,31,32)/t22-/m0/s1. The Kier molecular flexibility index (Phi) is 7.07. The number of anilines is 1. The molecule has 1 aliphatic carbocycles. The summed E-state index contributed by atoms with van der Waals surface area (Å²) >= 11 is 0. The van der Waals surface area contributed by atoms with Gasteiger partial charge >= 0.3 is 12.1 Å². The van der Waals surface area contributed by atoms with Gasteiger partial charge in [0.25, 0.3) is 0 Å². The lowest BCUT2D eigenvalue weighted by molar-refractivity contribution is -0.119. The lowest BCUT2D eigenvalue weighted by Crippen LogP contribution is -2.47. The minimum absolute atomic E-state index is 0.0498. The number of nitrogens with one attached hydrogen (secondary N) is 2. The Balaban J connectivity index is 1.43. The molecule has 0 bridgehead atoms. The van der Waals surface area contributed by atoms with Crippen molar-refractivity contribution in [3.05, 3.63) is 89.2 Å². The molecule has 180 valence electrons. The molecular formula is C26H23FN2O6. The number of hydrogen-bond donors (Lipinski definition) is 3. The smallest absolute Gasteiger partial charge is 0.407 e. The average molecular weight is 478 g/mol. The van der Waals surface area contributed by atoms with Crippen molar-refractivity contribution in [2.24, 2.45) is 0 Å². The highest BCUT2D eigenvalue weighted by Gasteiger charge is 2.30. The van der Waals surface area contributed by atoms with Crippen molar-refractivity contribution in [2.75, 3.05) is 25.6 Å². The number of hydrogen-bond acceptors (Lipinski definition) is 5. The first-order valence-corrected chi connectivity index (χ1v) is 10.8. The third-order valence-corrected chi connectivity index (χ3v) is 5.77. The number of alkyl carbamates (subject to hydrolysis) is 1. The normalized spacial score (nSPS) is 12.9. The zero-order valence-electron chi connectivity index (χ0n) is 18.8. The van der Waals surface area contributed by atoms with E-state index in [1.54, 1.807) is 0 Å². The molecule has 0 aliphatic heterocycles. The van der Waals surface area contributed by atoms with E-state index in [0.717, 1.165) is 28.3 Å². The highest BCUT2D eigenvalue weighted by Crippen LogP contribution is 2.44. The van der Waals surface area contributed by atoms with Gasteiger partial charge in [-0.25, -0.2) is 14.0 Å². The van der Waals surface area contributed by atoms with Crippen LogP contribution in [0.2, 0.25) is 0 Å². The van der Waals surface area contributed by atoms with E-state index >= 15 is 0 Å². The van der Waals surface area contributed by atoms with Gasteiger partial charge in [0.05, 0.1) is 12.3 Å². The van der Waals surface area contributed by atoms with Crippen LogP contribution in [0.3, 0.4) is 0 Å². The van der Waals surface area contributed by atoms with E-state index < -0.39 is 35.4 Å². The molecule has 2 amide bonds. The van der Waals surface area contributed by atoms with Crippen LogP contribution in [0.4, 0.5) is 14.9 Å². The molecule has 8 nitrogen and oxygen atoms in total. The molecule has 9 heteroatoms. The molecule has 3 N–H and O–H groups in total. The SMILES string of the molecule is COC[C@H](NC(=O)OCC1c2ccccc2-c2ccccc21)C(=O)Nc1cccc(F)c1C(=O)O. The summed E-state index contributed by atoms with van der Waals surface area (Å²) in [6, 6.07) is 18.0. The van der Waals surface area contributed by atoms with Crippen LogP contribution in [0.15, 0.2) is 66.7 Å². The van der Waals surface area contributed by atoms with Crippen LogP contribution in [0.1, 0.15) is 27.4 Å². The summed E-state index contributed by atoms with van der Waals surface area (Å²) in [5.41, 5.74) is 3.33. The van der Waals surface area contributed by atoms with Crippen LogP contribution in [-0.4, -0.2) is 49.4 Å². The molecule has 1 atom stereocenters. The van der Waals surface area contributed by atoms with Crippen molar-refractivity contribution in [3.8, 4) is 11.1 Å². The second kappa shape index (κ2) is 10.4. The summed E-state index contributed by atoms with van der Waals surface area (Å²) in [4.78, 5) is 36.7. The van der Waals surface area contributed by atoms with Crippen molar-refractivity contribution in [3.63, 3.8) is 0 Å². The summed E-state index contributed by atoms with van der Waals surface area (Å²) in [6.45, 7) is -0.165. The maximum Gasteiger partial charge on any atom is 0.407 e. The minimum Gasteiger partial charge on any atom is -0.478 e. The Morgan fingerprint density at radius 3 is 2.20 bits per heavy atom. The molecule has 1 aliphatic rings. The number of carbonyl (C=O) groups is 3. The third kappa shape index (κ3) is 4.99. The fourth-order valence-corrected chi connectivity index (χ4v) is 4.20. The highest BCUT2D eigenvalue weighted by molar-refractivity contribution is 6.03. The number of benzene rings is 3. The zero-order chi connectivity index (χ0) is 24.9. The molecule has 0 spiro atoms. The van der Waals surface area contributed by atoms with Crippen molar-refractivity contribution >= 4 is 23.7 Å². The van der Waals surface area contributed by atoms with E-state index in [1.165, 1.54) is 19.2 Å². The minimum atomic E-state index is -1.54. The second-order valence-corrected chi connectivity index (χ2v) is 7.93. The Bertz CT molecular complexity index is 1230. The van der Waals surface area contributed by atoms with Crippen LogP contribution < -0.4 is 10.6 Å². The van der Waals surface area contributed by atoms with Gasteiger partial charge in [0, 0.05) is 13.0 Å². The van der Waals surface area contributed by atoms with E-state index in [0.29, 0.717) is 0 Å². The number of carboxylic acid groups (broad SMARTS) is 1. The number of amides is 2. The van der Waals surface area contributed by atoms with Crippen molar-refractivity contribution in [2.45, 2.75) is 12.0 Å². The van der Waals surface area contributed by atoms with Crippen molar-refractivity contribution in [1.82, 2.24) is 5.32 Å².